The van der Waals surface area contributed by atoms with E-state index < -0.39 is 10.0 Å². The van der Waals surface area contributed by atoms with Crippen molar-refractivity contribution in [2.24, 2.45) is 5.92 Å². The third-order valence-electron chi connectivity index (χ3n) is 2.48. The maximum atomic E-state index is 11.8. The fourth-order valence-corrected chi connectivity index (χ4v) is 2.73. The van der Waals surface area contributed by atoms with Gasteiger partial charge in [-0.1, -0.05) is 6.92 Å². The van der Waals surface area contributed by atoms with Crippen LogP contribution in [0.25, 0.3) is 0 Å². The summed E-state index contributed by atoms with van der Waals surface area (Å²) in [6.07, 6.45) is 2.29. The number of nitrogens with one attached hydrogen (secondary N) is 1. The Kier molecular flexibility index (Phi) is 2.40. The molecule has 1 aliphatic rings. The van der Waals surface area contributed by atoms with Gasteiger partial charge in [0.2, 0.25) is 10.0 Å². The highest BCUT2D eigenvalue weighted by Gasteiger charge is 2.36. The van der Waals surface area contributed by atoms with Gasteiger partial charge < -0.3 is 5.73 Å². The average molecular weight is 227 g/mol. The molecule has 1 saturated carbocycles. The molecule has 1 fully saturated rings. The summed E-state index contributed by atoms with van der Waals surface area (Å²) in [4.78, 5) is 3.92. The largest absolute Gasteiger partial charge is 0.384 e. The van der Waals surface area contributed by atoms with Crippen molar-refractivity contribution < 1.29 is 8.42 Å². The number of hydrogen-bond donors (Lipinski definition) is 2. The number of hydrogen-bond acceptors (Lipinski definition) is 4. The Morgan fingerprint density at radius 1 is 1.60 bits per heavy atom. The molecule has 1 aromatic heterocycles. The standard InChI is InChI=1S/C9H13N3O2S/c1-6-4-8(6)12-15(13,14)7-2-3-11-9(10)5-7/h2-3,5-6,8,12H,4H2,1H3,(H2,10,11). The van der Waals surface area contributed by atoms with Gasteiger partial charge in [0.15, 0.2) is 0 Å². The lowest BCUT2D eigenvalue weighted by atomic mass is 10.5. The second kappa shape index (κ2) is 3.46. The van der Waals surface area contributed by atoms with Gasteiger partial charge in [-0.2, -0.15) is 0 Å². The smallest absolute Gasteiger partial charge is 0.241 e. The SMILES string of the molecule is CC1CC1NS(=O)(=O)c1ccnc(N)c1. The predicted octanol–water partition coefficient (Wildman–Crippen LogP) is 0.350. The molecule has 2 rings (SSSR count). The van der Waals surface area contributed by atoms with Crippen LogP contribution in [0.2, 0.25) is 0 Å². The Balaban J connectivity index is 2.21. The van der Waals surface area contributed by atoms with Gasteiger partial charge in [0, 0.05) is 18.3 Å². The summed E-state index contributed by atoms with van der Waals surface area (Å²) in [5.74, 6) is 0.640. The molecule has 0 radical (unpaired) electrons. The summed E-state index contributed by atoms with van der Waals surface area (Å²) >= 11 is 0. The predicted molar refractivity (Wildman–Crippen MR) is 56.5 cm³/mol. The van der Waals surface area contributed by atoms with Crippen LogP contribution in [-0.4, -0.2) is 19.4 Å². The third-order valence-corrected chi connectivity index (χ3v) is 3.97. The van der Waals surface area contributed by atoms with Crippen molar-refractivity contribution >= 4 is 15.8 Å². The number of rotatable bonds is 3. The Morgan fingerprint density at radius 3 is 2.80 bits per heavy atom. The fraction of sp³-hybridized carbons (Fsp3) is 0.444. The molecular weight excluding hydrogens is 214 g/mol. The van der Waals surface area contributed by atoms with E-state index >= 15 is 0 Å². The van der Waals surface area contributed by atoms with E-state index in [0.29, 0.717) is 5.92 Å². The van der Waals surface area contributed by atoms with Gasteiger partial charge >= 0.3 is 0 Å². The molecule has 6 heteroatoms. The molecule has 0 saturated heterocycles. The molecule has 2 unspecified atom stereocenters. The van der Waals surface area contributed by atoms with Gasteiger partial charge in [0.05, 0.1) is 4.90 Å². The second-order valence-corrected chi connectivity index (χ2v) is 5.57. The van der Waals surface area contributed by atoms with E-state index in [1.54, 1.807) is 0 Å². The molecule has 0 aliphatic heterocycles. The van der Waals surface area contributed by atoms with Crippen LogP contribution in [-0.2, 0) is 10.0 Å². The highest BCUT2D eigenvalue weighted by molar-refractivity contribution is 7.89. The zero-order valence-electron chi connectivity index (χ0n) is 8.34. The first-order chi connectivity index (χ1) is 6.99. The molecule has 15 heavy (non-hydrogen) atoms. The van der Waals surface area contributed by atoms with Crippen molar-refractivity contribution in [2.75, 3.05) is 5.73 Å². The van der Waals surface area contributed by atoms with E-state index in [0.717, 1.165) is 6.42 Å². The van der Waals surface area contributed by atoms with E-state index in [1.165, 1.54) is 18.3 Å². The first kappa shape index (κ1) is 10.4. The first-order valence-corrected chi connectivity index (χ1v) is 6.21. The zero-order valence-corrected chi connectivity index (χ0v) is 9.16. The highest BCUT2D eigenvalue weighted by Crippen LogP contribution is 2.30. The van der Waals surface area contributed by atoms with E-state index in [2.05, 4.69) is 9.71 Å². The van der Waals surface area contributed by atoms with Crippen LogP contribution >= 0.6 is 0 Å². The number of pyridine rings is 1. The second-order valence-electron chi connectivity index (χ2n) is 3.86. The summed E-state index contributed by atoms with van der Waals surface area (Å²) in [5, 5.41) is 0. The topological polar surface area (TPSA) is 85.1 Å². The molecule has 3 N–H and O–H groups in total. The zero-order chi connectivity index (χ0) is 11.1. The minimum absolute atomic E-state index is 0.0735. The molecule has 5 nitrogen and oxygen atoms in total. The van der Waals surface area contributed by atoms with Crippen LogP contribution in [0.5, 0.6) is 0 Å². The summed E-state index contributed by atoms with van der Waals surface area (Å²) in [7, 11) is -3.42. The fourth-order valence-electron chi connectivity index (χ4n) is 1.35. The van der Waals surface area contributed by atoms with Crippen LogP contribution in [0.3, 0.4) is 0 Å². The Labute approximate surface area is 88.8 Å². The Morgan fingerprint density at radius 2 is 2.27 bits per heavy atom. The van der Waals surface area contributed by atoms with Crippen molar-refractivity contribution in [1.82, 2.24) is 9.71 Å². The Hall–Kier alpha value is -1.14. The number of sulfonamides is 1. The van der Waals surface area contributed by atoms with Crippen LogP contribution in [0.4, 0.5) is 5.82 Å². The summed E-state index contributed by atoms with van der Waals surface area (Å²) < 4.78 is 26.2. The minimum Gasteiger partial charge on any atom is -0.384 e. The van der Waals surface area contributed by atoms with Gasteiger partial charge in [-0.25, -0.2) is 18.1 Å². The van der Waals surface area contributed by atoms with Crippen LogP contribution in [0.15, 0.2) is 23.2 Å². The maximum absolute atomic E-state index is 11.8. The molecule has 82 valence electrons. The average Bonchev–Trinajstić information content (AvgIpc) is 2.80. The number of nitrogen functional groups attached to an aromatic ring is 1. The molecule has 1 aromatic rings. The van der Waals surface area contributed by atoms with E-state index in [4.69, 9.17) is 5.73 Å². The number of aromatic nitrogens is 1. The van der Waals surface area contributed by atoms with Crippen LogP contribution in [0.1, 0.15) is 13.3 Å². The summed E-state index contributed by atoms with van der Waals surface area (Å²) in [6.45, 7) is 2.01. The minimum atomic E-state index is -3.42. The lowest BCUT2D eigenvalue weighted by Gasteiger charge is -2.05. The summed E-state index contributed by atoms with van der Waals surface area (Å²) in [6, 6.07) is 2.87. The van der Waals surface area contributed by atoms with Gasteiger partial charge in [-0.3, -0.25) is 0 Å². The van der Waals surface area contributed by atoms with Gasteiger partial charge in [-0.05, 0) is 18.4 Å². The number of nitrogens with two attached hydrogens (primary N) is 1. The summed E-state index contributed by atoms with van der Waals surface area (Å²) in [5.41, 5.74) is 5.43. The van der Waals surface area contributed by atoms with Crippen LogP contribution in [0, 0.1) is 5.92 Å². The van der Waals surface area contributed by atoms with Crippen molar-refractivity contribution in [3.63, 3.8) is 0 Å². The first-order valence-electron chi connectivity index (χ1n) is 4.73. The Bertz CT molecular complexity index is 472. The monoisotopic (exact) mass is 227 g/mol. The molecule has 2 atom stereocenters. The van der Waals surface area contributed by atoms with E-state index in [1.807, 2.05) is 6.92 Å². The molecule has 1 heterocycles. The number of anilines is 1. The molecule has 1 aliphatic carbocycles. The lowest BCUT2D eigenvalue weighted by Crippen LogP contribution is -2.26. The lowest BCUT2D eigenvalue weighted by molar-refractivity contribution is 0.578. The molecular formula is C9H13N3O2S. The van der Waals surface area contributed by atoms with Crippen LogP contribution < -0.4 is 10.5 Å². The maximum Gasteiger partial charge on any atom is 0.241 e. The van der Waals surface area contributed by atoms with Gasteiger partial charge in [-0.15, -0.1) is 0 Å². The van der Waals surface area contributed by atoms with Gasteiger partial charge in [0.25, 0.3) is 0 Å². The van der Waals surface area contributed by atoms with Crippen molar-refractivity contribution in [3.8, 4) is 0 Å². The normalized spacial score (nSPS) is 25.1. The molecule has 0 aromatic carbocycles. The molecule has 0 amide bonds. The van der Waals surface area contributed by atoms with Crippen molar-refractivity contribution in [3.05, 3.63) is 18.3 Å². The molecule has 0 bridgehead atoms. The highest BCUT2D eigenvalue weighted by atomic mass is 32.2. The van der Waals surface area contributed by atoms with Crippen molar-refractivity contribution in [2.45, 2.75) is 24.3 Å². The molecule has 0 spiro atoms. The third kappa shape index (κ3) is 2.27. The quantitative estimate of drug-likeness (QED) is 0.780. The van der Waals surface area contributed by atoms with E-state index in [9.17, 15) is 8.42 Å². The van der Waals surface area contributed by atoms with Crippen molar-refractivity contribution in [1.29, 1.82) is 0 Å². The van der Waals surface area contributed by atoms with E-state index in [-0.39, 0.29) is 16.8 Å². The van der Waals surface area contributed by atoms with Gasteiger partial charge in [0.1, 0.15) is 5.82 Å². The number of nitrogens with zero attached hydrogens (tertiary/aromatic N) is 1.